The fourth-order valence-corrected chi connectivity index (χ4v) is 7.74. The number of Topliss-reactive ketones (excluding diaryl/α,β-unsaturated/α-hetero) is 1. The van der Waals surface area contributed by atoms with Crippen LogP contribution in [0.5, 0.6) is 17.2 Å². The molecule has 0 unspecified atom stereocenters. The van der Waals surface area contributed by atoms with E-state index in [1.54, 1.807) is 19.2 Å². The minimum absolute atomic E-state index is 0.0207. The van der Waals surface area contributed by atoms with E-state index < -0.39 is 79.1 Å². The Hall–Kier alpha value is -3.47. The molecule has 0 saturated carbocycles. The zero-order chi connectivity index (χ0) is 32.7. The predicted octanol–water partition coefficient (Wildman–Crippen LogP) is 0.896. The van der Waals surface area contributed by atoms with Gasteiger partial charge in [0.2, 0.25) is 0 Å². The molecule has 14 nitrogen and oxygen atoms in total. The number of ether oxygens (including phenoxy) is 6. The number of phenolic OH excluding ortho intramolecular Hbond substituents is 2. The molecular weight excluding hydrogens is 604 g/mol. The van der Waals surface area contributed by atoms with Crippen molar-refractivity contribution in [3.05, 3.63) is 51.6 Å². The lowest BCUT2D eigenvalue weighted by atomic mass is 9.71. The van der Waals surface area contributed by atoms with Crippen molar-refractivity contribution in [1.82, 2.24) is 4.90 Å². The quantitative estimate of drug-likeness (QED) is 0.239. The summed E-state index contributed by atoms with van der Waals surface area (Å²) < 4.78 is 35.5. The van der Waals surface area contributed by atoms with Crippen molar-refractivity contribution >= 4 is 17.3 Å². The normalized spacial score (nSPS) is 33.5. The summed E-state index contributed by atoms with van der Waals surface area (Å²) in [6, 6.07) is 4.50. The van der Waals surface area contributed by atoms with Crippen LogP contribution in [0.15, 0.2) is 18.2 Å². The van der Waals surface area contributed by atoms with Crippen LogP contribution in [0.2, 0.25) is 0 Å². The van der Waals surface area contributed by atoms with Gasteiger partial charge in [0.15, 0.2) is 30.4 Å². The Morgan fingerprint density at radius 1 is 1.15 bits per heavy atom. The number of methoxy groups -OCH3 is 2. The fraction of sp³-hybridized carbons (Fsp3) is 0.531. The summed E-state index contributed by atoms with van der Waals surface area (Å²) in [5, 5.41) is 53.7. The third-order valence-electron chi connectivity index (χ3n) is 9.89. The van der Waals surface area contributed by atoms with Gasteiger partial charge in [0.05, 0.1) is 48.3 Å². The van der Waals surface area contributed by atoms with Gasteiger partial charge >= 0.3 is 0 Å². The van der Waals surface area contributed by atoms with Crippen molar-refractivity contribution in [2.45, 2.75) is 74.9 Å². The number of phenols is 2. The number of aliphatic hydroxyl groups is 2. The Bertz CT molecular complexity index is 1630. The molecule has 7 rings (SSSR count). The smallest absolute Gasteiger partial charge is 0.198 e. The molecule has 246 valence electrons. The number of aliphatic hydroxyl groups excluding tert-OH is 1. The van der Waals surface area contributed by atoms with E-state index in [1.807, 2.05) is 6.92 Å². The van der Waals surface area contributed by atoms with Crippen LogP contribution in [0.4, 0.5) is 0 Å². The molecule has 0 spiro atoms. The number of carbonyl (C=O) groups is 2. The minimum atomic E-state index is -2.20. The molecule has 5 N–H and O–H groups in total. The standard InChI is InChI=1S/C32H36N2O12/c1-13-29-16(34-7-8-43-31(42-3)30(34)46-29)9-20(44-13)45-18-11-32(40,19(36)12-35)10-15-22(18)28(39)23-24(27(15)38)26(37)14-5-4-6-17(41-2)21(14)25(23)33/h4-6,13,16,18,20,29-31,33,35,38-40H,7-12H2,1-3H3/t13-,16-,18-,20-,29+,30+,31-,32-/m0/s1. The molecule has 14 heteroatoms. The molecular formula is C32H36N2O12. The second-order valence-corrected chi connectivity index (χ2v) is 12.3. The van der Waals surface area contributed by atoms with Crippen molar-refractivity contribution in [3.8, 4) is 17.2 Å². The highest BCUT2D eigenvalue weighted by Crippen LogP contribution is 2.53. The second-order valence-electron chi connectivity index (χ2n) is 12.3. The molecule has 5 aliphatic rings. The van der Waals surface area contributed by atoms with Crippen molar-refractivity contribution in [2.24, 2.45) is 0 Å². The van der Waals surface area contributed by atoms with E-state index in [1.165, 1.54) is 13.2 Å². The minimum Gasteiger partial charge on any atom is -0.507 e. The molecule has 2 aliphatic carbocycles. The van der Waals surface area contributed by atoms with Gasteiger partial charge in [-0.05, 0) is 13.0 Å². The number of aromatic hydroxyl groups is 2. The van der Waals surface area contributed by atoms with E-state index in [-0.39, 0.29) is 57.0 Å². The van der Waals surface area contributed by atoms with Gasteiger partial charge in [-0.1, -0.05) is 12.1 Å². The topological polar surface area (TPSA) is 198 Å². The number of benzene rings is 2. The molecule has 46 heavy (non-hydrogen) atoms. The third-order valence-corrected chi connectivity index (χ3v) is 9.89. The Kier molecular flexibility index (Phi) is 7.68. The first-order valence-corrected chi connectivity index (χ1v) is 15.2. The number of hydrogen-bond donors (Lipinski definition) is 5. The number of ketones is 2. The highest BCUT2D eigenvalue weighted by atomic mass is 16.7. The van der Waals surface area contributed by atoms with E-state index in [2.05, 4.69) is 4.90 Å². The van der Waals surface area contributed by atoms with E-state index >= 15 is 0 Å². The SMILES string of the molecule is COc1cccc2c1C(=N)c1c(O)c3c(c(O)c1C2=O)C[C@@](O)(C(=O)CO)C[C@@H]3O[C@H]1C[C@H]2[C@H](O[C@@H]3[C@@H](OC)OCCN32)[C@H](C)O1. The maximum Gasteiger partial charge on any atom is 0.198 e. The van der Waals surface area contributed by atoms with Gasteiger partial charge in [-0.25, -0.2) is 0 Å². The van der Waals surface area contributed by atoms with Gasteiger partial charge in [-0.3, -0.25) is 19.9 Å². The number of morpholine rings is 1. The number of nitrogens with zero attached hydrogens (tertiary/aromatic N) is 1. The third kappa shape index (κ3) is 4.51. The number of rotatable bonds is 6. The van der Waals surface area contributed by atoms with Gasteiger partial charge in [-0.2, -0.15) is 0 Å². The predicted molar refractivity (Wildman–Crippen MR) is 156 cm³/mol. The first-order chi connectivity index (χ1) is 22.0. The molecule has 2 aromatic rings. The molecule has 0 amide bonds. The molecule has 3 saturated heterocycles. The lowest BCUT2D eigenvalue weighted by molar-refractivity contribution is -0.256. The summed E-state index contributed by atoms with van der Waals surface area (Å²) in [7, 11) is 2.94. The van der Waals surface area contributed by atoms with Crippen molar-refractivity contribution in [2.75, 3.05) is 34.0 Å². The Morgan fingerprint density at radius 3 is 2.65 bits per heavy atom. The molecule has 8 atom stereocenters. The maximum absolute atomic E-state index is 13.8. The maximum atomic E-state index is 13.8. The van der Waals surface area contributed by atoms with Crippen LogP contribution in [-0.2, 0) is 34.9 Å². The average molecular weight is 641 g/mol. The van der Waals surface area contributed by atoms with Crippen molar-refractivity contribution in [1.29, 1.82) is 5.41 Å². The molecule has 2 aromatic carbocycles. The summed E-state index contributed by atoms with van der Waals surface area (Å²) in [5.74, 6) is -2.43. The molecule has 3 aliphatic heterocycles. The zero-order valence-corrected chi connectivity index (χ0v) is 25.5. The monoisotopic (exact) mass is 640 g/mol. The van der Waals surface area contributed by atoms with E-state index in [9.17, 15) is 30.0 Å². The zero-order valence-electron chi connectivity index (χ0n) is 25.5. The molecule has 3 heterocycles. The van der Waals surface area contributed by atoms with Crippen LogP contribution in [-0.4, -0.2) is 119 Å². The Morgan fingerprint density at radius 2 is 1.93 bits per heavy atom. The van der Waals surface area contributed by atoms with E-state index in [4.69, 9.17) is 33.8 Å². The first kappa shape index (κ1) is 31.1. The highest BCUT2D eigenvalue weighted by molar-refractivity contribution is 6.32. The van der Waals surface area contributed by atoms with Crippen LogP contribution in [0.1, 0.15) is 64.0 Å². The molecule has 0 bridgehead atoms. The summed E-state index contributed by atoms with van der Waals surface area (Å²) in [5.41, 5.74) is -2.81. The molecule has 0 radical (unpaired) electrons. The van der Waals surface area contributed by atoms with Gasteiger partial charge in [0.25, 0.3) is 0 Å². The number of hydrogen-bond acceptors (Lipinski definition) is 14. The van der Waals surface area contributed by atoms with Crippen LogP contribution < -0.4 is 4.74 Å². The lowest BCUT2D eigenvalue weighted by Crippen LogP contribution is -2.55. The van der Waals surface area contributed by atoms with Crippen molar-refractivity contribution in [3.63, 3.8) is 0 Å². The van der Waals surface area contributed by atoms with E-state index in [0.717, 1.165) is 0 Å². The van der Waals surface area contributed by atoms with Crippen LogP contribution in [0.25, 0.3) is 0 Å². The number of nitrogens with one attached hydrogen (secondary N) is 1. The second kappa shape index (κ2) is 11.3. The Labute approximate surface area is 263 Å². The Balaban J connectivity index is 1.30. The van der Waals surface area contributed by atoms with Gasteiger partial charge in [0.1, 0.15) is 35.6 Å². The van der Waals surface area contributed by atoms with Crippen LogP contribution in [0.3, 0.4) is 0 Å². The van der Waals surface area contributed by atoms with E-state index in [0.29, 0.717) is 19.6 Å². The largest absolute Gasteiger partial charge is 0.507 e. The van der Waals surface area contributed by atoms with Gasteiger partial charge in [-0.15, -0.1) is 0 Å². The summed E-state index contributed by atoms with van der Waals surface area (Å²) in [6.45, 7) is 1.88. The molecule has 3 fully saturated rings. The lowest BCUT2D eigenvalue weighted by Gasteiger charge is -2.43. The first-order valence-electron chi connectivity index (χ1n) is 15.2. The fourth-order valence-electron chi connectivity index (χ4n) is 7.74. The summed E-state index contributed by atoms with van der Waals surface area (Å²) >= 11 is 0. The summed E-state index contributed by atoms with van der Waals surface area (Å²) in [4.78, 5) is 28.8. The van der Waals surface area contributed by atoms with Crippen LogP contribution in [0, 0.1) is 5.41 Å². The van der Waals surface area contributed by atoms with Gasteiger partial charge in [0, 0.05) is 55.6 Å². The summed E-state index contributed by atoms with van der Waals surface area (Å²) in [6.07, 6.45) is -4.53. The van der Waals surface area contributed by atoms with Crippen LogP contribution >= 0.6 is 0 Å². The highest BCUT2D eigenvalue weighted by Gasteiger charge is 2.55. The van der Waals surface area contributed by atoms with Gasteiger partial charge < -0.3 is 48.8 Å². The number of carbonyl (C=O) groups excluding carboxylic acids is 2. The average Bonchev–Trinajstić information content (AvgIpc) is 3.43. The number of fused-ring (bicyclic) bond motifs is 6. The molecule has 0 aromatic heterocycles. The van der Waals surface area contributed by atoms with Crippen molar-refractivity contribution < 1.29 is 58.4 Å².